The summed E-state index contributed by atoms with van der Waals surface area (Å²) in [7, 11) is 1.76. The SMILES string of the molecule is CCc1ccsc1CNC1CC(c2ccccc2OC)C1. The average Bonchev–Trinajstić information content (AvgIpc) is 2.93. The van der Waals surface area contributed by atoms with Crippen LogP contribution in [0.2, 0.25) is 0 Å². The Balaban J connectivity index is 1.52. The molecule has 3 rings (SSSR count). The van der Waals surface area contributed by atoms with Crippen molar-refractivity contribution in [3.63, 3.8) is 0 Å². The van der Waals surface area contributed by atoms with Crippen LogP contribution in [-0.4, -0.2) is 13.2 Å². The summed E-state index contributed by atoms with van der Waals surface area (Å²) in [6, 6.07) is 11.3. The van der Waals surface area contributed by atoms with E-state index in [-0.39, 0.29) is 0 Å². The molecule has 0 saturated heterocycles. The summed E-state index contributed by atoms with van der Waals surface area (Å²) in [5, 5.41) is 5.91. The van der Waals surface area contributed by atoms with E-state index in [1.165, 1.54) is 28.8 Å². The lowest BCUT2D eigenvalue weighted by Gasteiger charge is -2.37. The highest BCUT2D eigenvalue weighted by Crippen LogP contribution is 2.41. The molecule has 1 aromatic heterocycles. The Morgan fingerprint density at radius 3 is 2.81 bits per heavy atom. The highest BCUT2D eigenvalue weighted by molar-refractivity contribution is 7.10. The molecule has 0 aliphatic heterocycles. The van der Waals surface area contributed by atoms with E-state index in [1.807, 2.05) is 17.4 Å². The lowest BCUT2D eigenvalue weighted by molar-refractivity contribution is 0.282. The molecule has 1 saturated carbocycles. The van der Waals surface area contributed by atoms with E-state index in [0.717, 1.165) is 18.7 Å². The molecular formula is C18H23NOS. The van der Waals surface area contributed by atoms with Gasteiger partial charge in [-0.3, -0.25) is 0 Å². The molecule has 0 spiro atoms. The lowest BCUT2D eigenvalue weighted by atomic mass is 9.75. The van der Waals surface area contributed by atoms with Crippen LogP contribution in [0.1, 0.15) is 41.7 Å². The van der Waals surface area contributed by atoms with Gasteiger partial charge in [0.05, 0.1) is 7.11 Å². The van der Waals surface area contributed by atoms with E-state index in [9.17, 15) is 0 Å². The highest BCUT2D eigenvalue weighted by Gasteiger charge is 2.31. The third-order valence-electron chi connectivity index (χ3n) is 4.49. The van der Waals surface area contributed by atoms with Gasteiger partial charge in [-0.15, -0.1) is 11.3 Å². The molecule has 1 aromatic carbocycles. The first-order chi connectivity index (χ1) is 10.3. The van der Waals surface area contributed by atoms with Gasteiger partial charge in [-0.1, -0.05) is 25.1 Å². The van der Waals surface area contributed by atoms with Crippen molar-refractivity contribution in [1.82, 2.24) is 5.32 Å². The zero-order valence-electron chi connectivity index (χ0n) is 12.8. The monoisotopic (exact) mass is 301 g/mol. The molecular weight excluding hydrogens is 278 g/mol. The summed E-state index contributed by atoms with van der Waals surface area (Å²) in [6.07, 6.45) is 3.56. The van der Waals surface area contributed by atoms with Crippen LogP contribution in [-0.2, 0) is 13.0 Å². The number of rotatable bonds is 6. The van der Waals surface area contributed by atoms with Gasteiger partial charge in [0.25, 0.3) is 0 Å². The van der Waals surface area contributed by atoms with Gasteiger partial charge in [0.15, 0.2) is 0 Å². The van der Waals surface area contributed by atoms with E-state index in [1.54, 1.807) is 7.11 Å². The zero-order chi connectivity index (χ0) is 14.7. The Morgan fingerprint density at radius 2 is 2.05 bits per heavy atom. The van der Waals surface area contributed by atoms with Crippen molar-refractivity contribution < 1.29 is 4.74 Å². The molecule has 0 radical (unpaired) electrons. The summed E-state index contributed by atoms with van der Waals surface area (Å²) in [6.45, 7) is 3.25. The van der Waals surface area contributed by atoms with Crippen LogP contribution in [0.5, 0.6) is 5.75 Å². The van der Waals surface area contributed by atoms with Crippen LogP contribution < -0.4 is 10.1 Å². The number of aryl methyl sites for hydroxylation is 1. The first-order valence-electron chi connectivity index (χ1n) is 7.73. The van der Waals surface area contributed by atoms with E-state index in [4.69, 9.17) is 4.74 Å². The summed E-state index contributed by atoms with van der Waals surface area (Å²) >= 11 is 1.87. The maximum absolute atomic E-state index is 5.47. The van der Waals surface area contributed by atoms with Crippen LogP contribution in [0, 0.1) is 0 Å². The Labute approximate surface area is 131 Å². The summed E-state index contributed by atoms with van der Waals surface area (Å²) < 4.78 is 5.47. The molecule has 1 heterocycles. The third kappa shape index (κ3) is 3.14. The Kier molecular flexibility index (Phi) is 4.61. The van der Waals surface area contributed by atoms with Crippen molar-refractivity contribution in [2.75, 3.05) is 7.11 Å². The lowest BCUT2D eigenvalue weighted by Crippen LogP contribution is -2.39. The minimum absolute atomic E-state index is 0.645. The molecule has 112 valence electrons. The Bertz CT molecular complexity index is 586. The van der Waals surface area contributed by atoms with E-state index in [0.29, 0.717) is 12.0 Å². The van der Waals surface area contributed by atoms with Crippen LogP contribution in [0.25, 0.3) is 0 Å². The average molecular weight is 301 g/mol. The molecule has 0 amide bonds. The number of benzene rings is 1. The van der Waals surface area contributed by atoms with Crippen LogP contribution in [0.3, 0.4) is 0 Å². The summed E-state index contributed by atoms with van der Waals surface area (Å²) in [5.74, 6) is 1.68. The first kappa shape index (κ1) is 14.6. The minimum atomic E-state index is 0.645. The van der Waals surface area contributed by atoms with Gasteiger partial charge in [-0.05, 0) is 53.8 Å². The maximum Gasteiger partial charge on any atom is 0.122 e. The minimum Gasteiger partial charge on any atom is -0.496 e. The third-order valence-corrected chi connectivity index (χ3v) is 5.45. The highest BCUT2D eigenvalue weighted by atomic mass is 32.1. The van der Waals surface area contributed by atoms with E-state index >= 15 is 0 Å². The van der Waals surface area contributed by atoms with Crippen molar-refractivity contribution in [3.05, 3.63) is 51.7 Å². The van der Waals surface area contributed by atoms with Gasteiger partial charge in [-0.2, -0.15) is 0 Å². The van der Waals surface area contributed by atoms with Crippen LogP contribution >= 0.6 is 11.3 Å². The Hall–Kier alpha value is -1.32. The van der Waals surface area contributed by atoms with Crippen molar-refractivity contribution in [2.24, 2.45) is 0 Å². The Morgan fingerprint density at radius 1 is 1.24 bits per heavy atom. The van der Waals surface area contributed by atoms with Crippen molar-refractivity contribution in [1.29, 1.82) is 0 Å². The molecule has 2 nitrogen and oxygen atoms in total. The molecule has 1 aliphatic carbocycles. The molecule has 1 fully saturated rings. The van der Waals surface area contributed by atoms with E-state index in [2.05, 4.69) is 41.9 Å². The number of nitrogens with one attached hydrogen (secondary N) is 1. The van der Waals surface area contributed by atoms with Gasteiger partial charge in [0.2, 0.25) is 0 Å². The van der Waals surface area contributed by atoms with Crippen LogP contribution in [0.4, 0.5) is 0 Å². The number of ether oxygens (including phenoxy) is 1. The van der Waals surface area contributed by atoms with Gasteiger partial charge in [-0.25, -0.2) is 0 Å². The second kappa shape index (κ2) is 6.63. The number of methoxy groups -OCH3 is 1. The topological polar surface area (TPSA) is 21.3 Å². The fourth-order valence-electron chi connectivity index (χ4n) is 3.12. The molecule has 3 heteroatoms. The molecule has 1 N–H and O–H groups in total. The molecule has 2 aromatic rings. The first-order valence-corrected chi connectivity index (χ1v) is 8.61. The normalized spacial score (nSPS) is 21.0. The fraction of sp³-hybridized carbons (Fsp3) is 0.444. The number of thiophene rings is 1. The molecule has 21 heavy (non-hydrogen) atoms. The maximum atomic E-state index is 5.47. The number of hydrogen-bond acceptors (Lipinski definition) is 3. The smallest absolute Gasteiger partial charge is 0.122 e. The van der Waals surface area contributed by atoms with Gasteiger partial charge < -0.3 is 10.1 Å². The second-order valence-corrected chi connectivity index (χ2v) is 6.71. The summed E-state index contributed by atoms with van der Waals surface area (Å²) in [5.41, 5.74) is 2.86. The summed E-state index contributed by atoms with van der Waals surface area (Å²) in [4.78, 5) is 1.50. The zero-order valence-corrected chi connectivity index (χ0v) is 13.6. The molecule has 0 unspecified atom stereocenters. The predicted molar refractivity (Wildman–Crippen MR) is 89.3 cm³/mol. The molecule has 0 atom stereocenters. The van der Waals surface area contributed by atoms with Crippen LogP contribution in [0.15, 0.2) is 35.7 Å². The second-order valence-electron chi connectivity index (χ2n) is 5.71. The quantitative estimate of drug-likeness (QED) is 0.856. The molecule has 0 bridgehead atoms. The molecule has 1 aliphatic rings. The number of hydrogen-bond donors (Lipinski definition) is 1. The van der Waals surface area contributed by atoms with E-state index < -0.39 is 0 Å². The van der Waals surface area contributed by atoms with Crippen molar-refractivity contribution in [3.8, 4) is 5.75 Å². The van der Waals surface area contributed by atoms with Crippen molar-refractivity contribution in [2.45, 2.75) is 44.7 Å². The van der Waals surface area contributed by atoms with Gasteiger partial charge >= 0.3 is 0 Å². The van der Waals surface area contributed by atoms with Crippen molar-refractivity contribution >= 4 is 11.3 Å². The largest absolute Gasteiger partial charge is 0.496 e. The standard InChI is InChI=1S/C18H23NOS/c1-3-13-8-9-21-18(13)12-19-15-10-14(11-15)16-6-4-5-7-17(16)20-2/h4-9,14-15,19H,3,10-12H2,1-2H3. The number of para-hydroxylation sites is 1. The fourth-order valence-corrected chi connectivity index (χ4v) is 4.04. The van der Waals surface area contributed by atoms with Gasteiger partial charge in [0.1, 0.15) is 5.75 Å². The predicted octanol–water partition coefficient (Wildman–Crippen LogP) is 4.35. The van der Waals surface area contributed by atoms with Gasteiger partial charge in [0, 0.05) is 17.5 Å².